The highest BCUT2D eigenvalue weighted by atomic mass is 16.5. The van der Waals surface area contributed by atoms with E-state index in [2.05, 4.69) is 28.7 Å². The first-order valence-electron chi connectivity index (χ1n) is 7.18. The third-order valence-corrected chi connectivity index (χ3v) is 3.79. The van der Waals surface area contributed by atoms with Gasteiger partial charge in [-0.05, 0) is 25.5 Å². The lowest BCUT2D eigenvalue weighted by molar-refractivity contribution is -0.140. The van der Waals surface area contributed by atoms with Crippen LogP contribution in [0.15, 0.2) is 30.3 Å². The van der Waals surface area contributed by atoms with E-state index in [1.54, 1.807) is 0 Å². The second-order valence-electron chi connectivity index (χ2n) is 5.26. The molecule has 0 N–H and O–H groups in total. The number of rotatable bonds is 5. The molecule has 1 aromatic carbocycles. The fraction of sp³-hybridized carbons (Fsp3) is 0.562. The van der Waals surface area contributed by atoms with Gasteiger partial charge >= 0.3 is 5.97 Å². The Morgan fingerprint density at radius 1 is 1.40 bits per heavy atom. The Labute approximate surface area is 120 Å². The van der Waals surface area contributed by atoms with Gasteiger partial charge in [0.2, 0.25) is 0 Å². The highest BCUT2D eigenvalue weighted by Crippen LogP contribution is 2.24. The van der Waals surface area contributed by atoms with Crippen molar-refractivity contribution in [3.8, 4) is 0 Å². The van der Waals surface area contributed by atoms with Crippen molar-refractivity contribution in [3.63, 3.8) is 0 Å². The monoisotopic (exact) mass is 277 g/mol. The Bertz CT molecular complexity index is 421. The fourth-order valence-corrected chi connectivity index (χ4v) is 2.52. The maximum absolute atomic E-state index is 11.2. The molecule has 0 saturated carbocycles. The Hall–Kier alpha value is -1.39. The standard InChI is InChI=1S/C16H23NO3/c1-13-12-20-15(14-7-4-3-5-8-14)11-17(13)10-6-9-16(18)19-2/h3-5,7-8,13,15H,6,9-12H2,1-2H3. The quantitative estimate of drug-likeness (QED) is 0.775. The number of ether oxygens (including phenoxy) is 2. The third-order valence-electron chi connectivity index (χ3n) is 3.79. The van der Waals surface area contributed by atoms with E-state index in [-0.39, 0.29) is 12.1 Å². The molecule has 1 fully saturated rings. The molecule has 4 nitrogen and oxygen atoms in total. The average Bonchev–Trinajstić information content (AvgIpc) is 2.49. The van der Waals surface area contributed by atoms with E-state index < -0.39 is 0 Å². The molecule has 0 aromatic heterocycles. The molecular weight excluding hydrogens is 254 g/mol. The largest absolute Gasteiger partial charge is 0.469 e. The van der Waals surface area contributed by atoms with E-state index in [0.717, 1.165) is 26.1 Å². The van der Waals surface area contributed by atoms with Crippen molar-refractivity contribution in [2.75, 3.05) is 26.8 Å². The first-order chi connectivity index (χ1) is 9.70. The summed E-state index contributed by atoms with van der Waals surface area (Å²) >= 11 is 0. The predicted molar refractivity (Wildman–Crippen MR) is 77.4 cm³/mol. The Balaban J connectivity index is 1.87. The summed E-state index contributed by atoms with van der Waals surface area (Å²) < 4.78 is 10.6. The van der Waals surface area contributed by atoms with Crippen LogP contribution in [0.5, 0.6) is 0 Å². The van der Waals surface area contributed by atoms with E-state index in [0.29, 0.717) is 12.5 Å². The molecule has 4 heteroatoms. The topological polar surface area (TPSA) is 38.8 Å². The van der Waals surface area contributed by atoms with Crippen LogP contribution in [0, 0.1) is 0 Å². The van der Waals surface area contributed by atoms with Crippen molar-refractivity contribution in [3.05, 3.63) is 35.9 Å². The minimum atomic E-state index is -0.134. The van der Waals surface area contributed by atoms with Crippen molar-refractivity contribution in [2.45, 2.75) is 31.9 Å². The maximum Gasteiger partial charge on any atom is 0.305 e. The minimum Gasteiger partial charge on any atom is -0.469 e. The molecule has 110 valence electrons. The second-order valence-corrected chi connectivity index (χ2v) is 5.26. The summed E-state index contributed by atoms with van der Waals surface area (Å²) in [7, 11) is 1.44. The van der Waals surface area contributed by atoms with Crippen LogP contribution in [0.3, 0.4) is 0 Å². The normalized spacial score (nSPS) is 23.5. The van der Waals surface area contributed by atoms with E-state index in [9.17, 15) is 4.79 Å². The average molecular weight is 277 g/mol. The van der Waals surface area contributed by atoms with E-state index >= 15 is 0 Å². The van der Waals surface area contributed by atoms with Crippen LogP contribution in [-0.2, 0) is 14.3 Å². The lowest BCUT2D eigenvalue weighted by atomic mass is 10.1. The van der Waals surface area contributed by atoms with Gasteiger partial charge in [0.15, 0.2) is 0 Å². The summed E-state index contributed by atoms with van der Waals surface area (Å²) in [6.07, 6.45) is 1.44. The molecule has 2 atom stereocenters. The number of carbonyl (C=O) groups is 1. The second kappa shape index (κ2) is 7.41. The first-order valence-corrected chi connectivity index (χ1v) is 7.18. The van der Waals surface area contributed by atoms with E-state index in [1.165, 1.54) is 12.7 Å². The smallest absolute Gasteiger partial charge is 0.305 e. The van der Waals surface area contributed by atoms with Gasteiger partial charge in [-0.2, -0.15) is 0 Å². The first kappa shape index (κ1) is 15.0. The number of hydrogen-bond acceptors (Lipinski definition) is 4. The molecule has 20 heavy (non-hydrogen) atoms. The molecule has 1 heterocycles. The zero-order chi connectivity index (χ0) is 14.4. The number of methoxy groups -OCH3 is 1. The molecule has 1 aromatic rings. The van der Waals surface area contributed by atoms with Crippen molar-refractivity contribution in [2.24, 2.45) is 0 Å². The third kappa shape index (κ3) is 4.05. The zero-order valence-corrected chi connectivity index (χ0v) is 12.2. The molecule has 1 aliphatic heterocycles. The summed E-state index contributed by atoms with van der Waals surface area (Å²) in [5.41, 5.74) is 1.22. The van der Waals surface area contributed by atoms with Gasteiger partial charge in [-0.3, -0.25) is 9.69 Å². The van der Waals surface area contributed by atoms with Gasteiger partial charge in [0.05, 0.1) is 19.8 Å². The molecule has 0 spiro atoms. The van der Waals surface area contributed by atoms with Crippen LogP contribution in [0.1, 0.15) is 31.4 Å². The lowest BCUT2D eigenvalue weighted by Crippen LogP contribution is -2.45. The summed E-state index contributed by atoms with van der Waals surface area (Å²) in [5.74, 6) is -0.134. The highest BCUT2D eigenvalue weighted by molar-refractivity contribution is 5.69. The van der Waals surface area contributed by atoms with E-state index in [1.807, 2.05) is 18.2 Å². The zero-order valence-electron chi connectivity index (χ0n) is 12.2. The van der Waals surface area contributed by atoms with Gasteiger partial charge in [0, 0.05) is 19.0 Å². The SMILES string of the molecule is COC(=O)CCCN1CC(c2ccccc2)OCC1C. The maximum atomic E-state index is 11.2. The summed E-state index contributed by atoms with van der Waals surface area (Å²) in [5, 5.41) is 0. The van der Waals surface area contributed by atoms with Crippen LogP contribution >= 0.6 is 0 Å². The van der Waals surface area contributed by atoms with Crippen molar-refractivity contribution >= 4 is 5.97 Å². The van der Waals surface area contributed by atoms with Crippen molar-refractivity contribution in [1.82, 2.24) is 4.90 Å². The van der Waals surface area contributed by atoms with Gasteiger partial charge in [-0.1, -0.05) is 30.3 Å². The number of nitrogens with zero attached hydrogens (tertiary/aromatic N) is 1. The van der Waals surface area contributed by atoms with Crippen LogP contribution in [0.25, 0.3) is 0 Å². The Morgan fingerprint density at radius 3 is 2.85 bits per heavy atom. The van der Waals surface area contributed by atoms with E-state index in [4.69, 9.17) is 4.74 Å². The van der Waals surface area contributed by atoms with Crippen LogP contribution in [0.4, 0.5) is 0 Å². The molecule has 1 saturated heterocycles. The van der Waals surface area contributed by atoms with Crippen LogP contribution in [-0.4, -0.2) is 43.7 Å². The molecule has 1 aliphatic rings. The number of morpholine rings is 1. The molecule has 2 rings (SSSR count). The summed E-state index contributed by atoms with van der Waals surface area (Å²) in [6, 6.07) is 10.7. The summed E-state index contributed by atoms with van der Waals surface area (Å²) in [4.78, 5) is 13.5. The Kier molecular flexibility index (Phi) is 5.56. The molecule has 0 amide bonds. The van der Waals surface area contributed by atoms with Gasteiger partial charge in [0.1, 0.15) is 0 Å². The van der Waals surface area contributed by atoms with Gasteiger partial charge in [-0.15, -0.1) is 0 Å². The van der Waals surface area contributed by atoms with Crippen LogP contribution in [0.2, 0.25) is 0 Å². The minimum absolute atomic E-state index is 0.130. The Morgan fingerprint density at radius 2 is 2.15 bits per heavy atom. The van der Waals surface area contributed by atoms with Gasteiger partial charge in [0.25, 0.3) is 0 Å². The molecule has 0 radical (unpaired) electrons. The van der Waals surface area contributed by atoms with Gasteiger partial charge in [-0.25, -0.2) is 0 Å². The number of esters is 1. The molecule has 2 unspecified atom stereocenters. The predicted octanol–water partition coefficient (Wildman–Crippen LogP) is 2.40. The number of benzene rings is 1. The molecular formula is C16H23NO3. The van der Waals surface area contributed by atoms with Crippen molar-refractivity contribution in [1.29, 1.82) is 0 Å². The van der Waals surface area contributed by atoms with Crippen LogP contribution < -0.4 is 0 Å². The number of carbonyl (C=O) groups excluding carboxylic acids is 1. The van der Waals surface area contributed by atoms with Gasteiger partial charge < -0.3 is 9.47 Å². The lowest BCUT2D eigenvalue weighted by Gasteiger charge is -2.38. The fourth-order valence-electron chi connectivity index (χ4n) is 2.52. The summed E-state index contributed by atoms with van der Waals surface area (Å²) in [6.45, 7) is 4.69. The molecule has 0 bridgehead atoms. The number of hydrogen-bond donors (Lipinski definition) is 0. The molecule has 0 aliphatic carbocycles. The van der Waals surface area contributed by atoms with Crippen molar-refractivity contribution < 1.29 is 14.3 Å². The highest BCUT2D eigenvalue weighted by Gasteiger charge is 2.26.